The molecular weight excluding hydrogens is 379 g/mol. The van der Waals surface area contributed by atoms with E-state index >= 15 is 0 Å². The molecule has 1 aromatic heterocycles. The summed E-state index contributed by atoms with van der Waals surface area (Å²) < 4.78 is 68.2. The summed E-state index contributed by atoms with van der Waals surface area (Å²) in [6.07, 6.45) is -4.57. The van der Waals surface area contributed by atoms with Crippen LogP contribution in [-0.4, -0.2) is 10.5 Å². The smallest absolute Gasteiger partial charge is 0.319 e. The Bertz CT molecular complexity index is 1050. The van der Waals surface area contributed by atoms with Crippen molar-refractivity contribution < 1.29 is 26.7 Å². The van der Waals surface area contributed by atoms with Gasteiger partial charge in [0, 0.05) is 17.5 Å². The molecule has 3 nitrogen and oxygen atoms in total. The number of nitrogens with zero attached hydrogens (tertiary/aromatic N) is 1. The highest BCUT2D eigenvalue weighted by Crippen LogP contribution is 2.35. The third-order valence-corrected chi connectivity index (χ3v) is 4.31. The molecule has 1 heterocycles. The van der Waals surface area contributed by atoms with E-state index in [2.05, 4.69) is 5.32 Å². The average molecular weight is 394 g/mol. The predicted octanol–water partition coefficient (Wildman–Crippen LogP) is 5.64. The molecule has 8 heteroatoms. The topological polar surface area (TPSA) is 34.0 Å². The van der Waals surface area contributed by atoms with Crippen LogP contribution in [0.15, 0.2) is 48.5 Å². The Morgan fingerprint density at radius 1 is 1.00 bits per heavy atom. The van der Waals surface area contributed by atoms with Crippen LogP contribution in [0.25, 0.3) is 5.69 Å². The molecule has 0 radical (unpaired) electrons. The van der Waals surface area contributed by atoms with E-state index < -0.39 is 29.3 Å². The second-order valence-electron chi connectivity index (χ2n) is 6.21. The van der Waals surface area contributed by atoms with E-state index in [1.807, 2.05) is 0 Å². The highest BCUT2D eigenvalue weighted by atomic mass is 19.4. The fraction of sp³-hybridized carbons (Fsp3) is 0.150. The van der Waals surface area contributed by atoms with Crippen LogP contribution in [0.2, 0.25) is 0 Å². The number of aromatic nitrogens is 1. The van der Waals surface area contributed by atoms with Gasteiger partial charge in [-0.2, -0.15) is 13.2 Å². The van der Waals surface area contributed by atoms with Crippen molar-refractivity contribution in [1.82, 2.24) is 4.57 Å². The Morgan fingerprint density at radius 2 is 1.68 bits per heavy atom. The van der Waals surface area contributed by atoms with Gasteiger partial charge >= 0.3 is 6.18 Å². The van der Waals surface area contributed by atoms with E-state index in [9.17, 15) is 26.7 Å². The molecule has 0 bridgehead atoms. The lowest BCUT2D eigenvalue weighted by molar-refractivity contribution is -0.137. The number of amides is 1. The fourth-order valence-corrected chi connectivity index (χ4v) is 3.05. The summed E-state index contributed by atoms with van der Waals surface area (Å²) in [6.45, 7) is 3.06. The number of carbonyl (C=O) groups excluding carboxylic acids is 1. The Kier molecular flexibility index (Phi) is 4.97. The van der Waals surface area contributed by atoms with Gasteiger partial charge in [-0.1, -0.05) is 12.1 Å². The molecular formula is C20H15F5N2O. The minimum absolute atomic E-state index is 0.0817. The number of halogens is 5. The van der Waals surface area contributed by atoms with Crippen molar-refractivity contribution in [3.05, 3.63) is 82.7 Å². The SMILES string of the molecule is Cc1cc(C(=O)Nc2ccc(F)cc2F)c(C)n1-c1ccccc1C(F)(F)F. The quantitative estimate of drug-likeness (QED) is 0.573. The molecule has 2 aromatic carbocycles. The highest BCUT2D eigenvalue weighted by Gasteiger charge is 2.34. The van der Waals surface area contributed by atoms with Crippen LogP contribution < -0.4 is 5.32 Å². The second-order valence-corrected chi connectivity index (χ2v) is 6.21. The highest BCUT2D eigenvalue weighted by molar-refractivity contribution is 6.05. The lowest BCUT2D eigenvalue weighted by atomic mass is 10.1. The molecule has 0 spiro atoms. The molecule has 0 aliphatic carbocycles. The van der Waals surface area contributed by atoms with Gasteiger partial charge in [0.05, 0.1) is 22.5 Å². The maximum Gasteiger partial charge on any atom is 0.418 e. The number of anilines is 1. The van der Waals surface area contributed by atoms with Gasteiger partial charge in [0.15, 0.2) is 0 Å². The van der Waals surface area contributed by atoms with E-state index in [1.165, 1.54) is 35.8 Å². The van der Waals surface area contributed by atoms with Crippen LogP contribution in [0.4, 0.5) is 27.6 Å². The van der Waals surface area contributed by atoms with Crippen molar-refractivity contribution in [2.75, 3.05) is 5.32 Å². The number of para-hydroxylation sites is 1. The van der Waals surface area contributed by atoms with E-state index in [4.69, 9.17) is 0 Å². The zero-order valence-electron chi connectivity index (χ0n) is 14.9. The molecule has 0 saturated heterocycles. The number of rotatable bonds is 3. The van der Waals surface area contributed by atoms with Gasteiger partial charge in [-0.3, -0.25) is 4.79 Å². The van der Waals surface area contributed by atoms with Crippen molar-refractivity contribution >= 4 is 11.6 Å². The molecule has 0 aliphatic rings. The van der Waals surface area contributed by atoms with Crippen LogP contribution >= 0.6 is 0 Å². The lowest BCUT2D eigenvalue weighted by Crippen LogP contribution is -2.15. The van der Waals surface area contributed by atoms with Crippen LogP contribution in [0.1, 0.15) is 27.3 Å². The zero-order valence-corrected chi connectivity index (χ0v) is 14.9. The largest absolute Gasteiger partial charge is 0.418 e. The van der Waals surface area contributed by atoms with Gasteiger partial charge in [-0.25, -0.2) is 8.78 Å². The molecule has 0 atom stereocenters. The minimum Gasteiger partial charge on any atom is -0.319 e. The summed E-state index contributed by atoms with van der Waals surface area (Å²) in [5.41, 5.74) is -0.441. The first-order valence-corrected chi connectivity index (χ1v) is 8.21. The Balaban J connectivity index is 2.03. The molecule has 146 valence electrons. The number of nitrogens with one attached hydrogen (secondary N) is 1. The molecule has 0 fully saturated rings. The van der Waals surface area contributed by atoms with Gasteiger partial charge in [-0.15, -0.1) is 0 Å². The Hall–Kier alpha value is -3.16. The third-order valence-electron chi connectivity index (χ3n) is 4.31. The number of carbonyl (C=O) groups is 1. The Labute approximate surface area is 157 Å². The molecule has 0 aliphatic heterocycles. The standard InChI is InChI=1S/C20H15F5N2O/c1-11-9-14(19(28)26-17-8-7-13(21)10-16(17)22)12(2)27(11)18-6-4-3-5-15(18)20(23,24)25/h3-10H,1-2H3,(H,26,28). The van der Waals surface area contributed by atoms with Crippen LogP contribution in [0.3, 0.4) is 0 Å². The molecule has 3 rings (SSSR count). The monoisotopic (exact) mass is 394 g/mol. The fourth-order valence-electron chi connectivity index (χ4n) is 3.05. The average Bonchev–Trinajstić information content (AvgIpc) is 2.91. The van der Waals surface area contributed by atoms with E-state index in [-0.39, 0.29) is 22.6 Å². The van der Waals surface area contributed by atoms with Gasteiger partial charge in [0.1, 0.15) is 11.6 Å². The van der Waals surface area contributed by atoms with Gasteiger partial charge in [0.2, 0.25) is 0 Å². The number of alkyl halides is 3. The Morgan fingerprint density at radius 3 is 2.32 bits per heavy atom. The number of hydrogen-bond donors (Lipinski definition) is 1. The van der Waals surface area contributed by atoms with Gasteiger partial charge < -0.3 is 9.88 Å². The number of aryl methyl sites for hydroxylation is 1. The summed E-state index contributed by atoms with van der Waals surface area (Å²) in [6, 6.07) is 9.12. The molecule has 1 amide bonds. The summed E-state index contributed by atoms with van der Waals surface area (Å²) in [7, 11) is 0. The van der Waals surface area contributed by atoms with Crippen molar-refractivity contribution in [1.29, 1.82) is 0 Å². The maximum absolute atomic E-state index is 13.8. The van der Waals surface area contributed by atoms with Gasteiger partial charge in [0.25, 0.3) is 5.91 Å². The molecule has 1 N–H and O–H groups in total. The minimum atomic E-state index is -4.57. The van der Waals surface area contributed by atoms with Crippen LogP contribution in [0.5, 0.6) is 0 Å². The van der Waals surface area contributed by atoms with Crippen LogP contribution in [-0.2, 0) is 6.18 Å². The first kappa shape index (κ1) is 19.6. The normalized spacial score (nSPS) is 11.5. The van der Waals surface area contributed by atoms with Gasteiger partial charge in [-0.05, 0) is 44.2 Å². The summed E-state index contributed by atoms with van der Waals surface area (Å²) in [5, 5.41) is 2.32. The molecule has 3 aromatic rings. The zero-order chi connectivity index (χ0) is 20.6. The van der Waals surface area contributed by atoms with E-state index in [1.54, 1.807) is 6.92 Å². The van der Waals surface area contributed by atoms with Crippen molar-refractivity contribution in [2.24, 2.45) is 0 Å². The first-order valence-electron chi connectivity index (χ1n) is 8.21. The summed E-state index contributed by atoms with van der Waals surface area (Å²) in [5.74, 6) is -2.46. The second kappa shape index (κ2) is 7.10. The van der Waals surface area contributed by atoms with Crippen molar-refractivity contribution in [3.63, 3.8) is 0 Å². The van der Waals surface area contributed by atoms with E-state index in [0.717, 1.165) is 18.2 Å². The predicted molar refractivity (Wildman–Crippen MR) is 94.6 cm³/mol. The first-order chi connectivity index (χ1) is 13.1. The molecule has 0 saturated carbocycles. The van der Waals surface area contributed by atoms with Crippen LogP contribution in [0, 0.1) is 25.5 Å². The van der Waals surface area contributed by atoms with Crippen molar-refractivity contribution in [3.8, 4) is 5.69 Å². The molecule has 0 unspecified atom stereocenters. The number of benzene rings is 2. The molecule has 28 heavy (non-hydrogen) atoms. The van der Waals surface area contributed by atoms with E-state index in [0.29, 0.717) is 11.8 Å². The number of hydrogen-bond acceptors (Lipinski definition) is 1. The summed E-state index contributed by atoms with van der Waals surface area (Å²) in [4.78, 5) is 12.5. The third kappa shape index (κ3) is 3.62. The summed E-state index contributed by atoms with van der Waals surface area (Å²) >= 11 is 0. The maximum atomic E-state index is 13.8. The van der Waals surface area contributed by atoms with Crippen molar-refractivity contribution in [2.45, 2.75) is 20.0 Å². The lowest BCUT2D eigenvalue weighted by Gasteiger charge is -2.16.